The number of carboxylic acid groups (broad SMARTS) is 1. The van der Waals surface area contributed by atoms with Crippen LogP contribution in [0.15, 0.2) is 0 Å². The van der Waals surface area contributed by atoms with Crippen molar-refractivity contribution in [2.45, 2.75) is 41.5 Å². The predicted octanol–water partition coefficient (Wildman–Crippen LogP) is -6.10. The topological polar surface area (TPSA) is 246 Å². The van der Waals surface area contributed by atoms with Crippen LogP contribution < -0.4 is 29.6 Å². The fraction of sp³-hybridized carbons (Fsp3) is 0.545. The van der Waals surface area contributed by atoms with Gasteiger partial charge in [-0.05, 0) is 13.8 Å². The van der Waals surface area contributed by atoms with E-state index < -0.39 is 38.2 Å². The van der Waals surface area contributed by atoms with Crippen LogP contribution >= 0.6 is 0 Å². The zero-order chi connectivity index (χ0) is 22.8. The van der Waals surface area contributed by atoms with Gasteiger partial charge in [0.1, 0.15) is 5.78 Å². The van der Waals surface area contributed by atoms with Crippen molar-refractivity contribution in [1.29, 1.82) is 0 Å². The molecule has 0 saturated heterocycles. The first kappa shape index (κ1) is 37.3. The molecule has 0 aliphatic heterocycles. The summed E-state index contributed by atoms with van der Waals surface area (Å²) >= 11 is 0. The van der Waals surface area contributed by atoms with Crippen LogP contribution in [0, 0.1) is 0 Å². The molecule has 0 fully saturated rings. The Labute approximate surface area is 186 Å². The molecular weight excluding hydrogens is 401 g/mol. The van der Waals surface area contributed by atoms with Crippen molar-refractivity contribution < 1.29 is 101 Å². The number of rotatable bonds is 3. The van der Waals surface area contributed by atoms with Gasteiger partial charge in [0.25, 0.3) is 23.9 Å². The molecule has 0 unspecified atom stereocenters. The summed E-state index contributed by atoms with van der Waals surface area (Å²) in [6.07, 6.45) is 0. The second-order valence-corrected chi connectivity index (χ2v) is 4.18. The second kappa shape index (κ2) is 23.5. The smallest absolute Gasteiger partial charge is 0.625 e. The molecule has 0 amide bonds. The number of carbonyl (C=O) groups is 5. The molecule has 0 aliphatic rings. The number of carbonyl (C=O) groups excluding carboxylic acids is 4. The zero-order valence-corrected chi connectivity index (χ0v) is 18.5. The van der Waals surface area contributed by atoms with Gasteiger partial charge in [0.15, 0.2) is 0 Å². The van der Waals surface area contributed by atoms with Gasteiger partial charge < -0.3 is 49.4 Å². The second-order valence-electron chi connectivity index (χ2n) is 4.18. The molecule has 17 heteroatoms. The molecule has 0 saturated carbocycles. The summed E-state index contributed by atoms with van der Waals surface area (Å²) in [4.78, 5) is 49.9. The van der Waals surface area contributed by atoms with Crippen LogP contribution in [0.1, 0.15) is 44.3 Å². The van der Waals surface area contributed by atoms with E-state index in [-0.39, 0.29) is 49.1 Å². The average molecular weight is 430 g/mol. The molecule has 0 heterocycles. The van der Waals surface area contributed by atoms with Crippen LogP contribution in [0.4, 0.5) is 0 Å². The van der Waals surface area contributed by atoms with Gasteiger partial charge in [-0.15, -0.1) is 0 Å². The first-order chi connectivity index (χ1) is 11.9. The van der Waals surface area contributed by atoms with E-state index in [9.17, 15) is 19.2 Å². The fourth-order valence-corrected chi connectivity index (χ4v) is 0.586. The molecule has 0 spiro atoms. The third-order valence-electron chi connectivity index (χ3n) is 0.963. The van der Waals surface area contributed by atoms with E-state index in [1.807, 2.05) is 0 Å². The SMILES string of the molecule is CC(=O)O.CC(=O)O[BH-](OC(C)=O)OC(C)=O.O.O[B-](O)(O)O.[2H]CC(C)=O.[HH].[Na+]. The summed E-state index contributed by atoms with van der Waals surface area (Å²) < 4.78 is 19.6. The van der Waals surface area contributed by atoms with Gasteiger partial charge in [-0.1, -0.05) is 0 Å². The number of Topliss-reactive ketones (excluding diaryl/α,β-unsaturated/α-hetero) is 1. The van der Waals surface area contributed by atoms with E-state index in [1.54, 1.807) is 0 Å². The molecule has 0 radical (unpaired) electrons. The van der Waals surface area contributed by atoms with Crippen molar-refractivity contribution >= 4 is 43.9 Å². The molecule has 7 N–H and O–H groups in total. The minimum atomic E-state index is -4.00. The summed E-state index contributed by atoms with van der Waals surface area (Å²) in [5.41, 5.74) is 0. The van der Waals surface area contributed by atoms with Crippen molar-refractivity contribution in [1.82, 2.24) is 0 Å². The largest absolute Gasteiger partial charge is 1.00 e. The summed E-state index contributed by atoms with van der Waals surface area (Å²) in [6.45, 7) is 1.75. The Morgan fingerprint density at radius 2 is 0.964 bits per heavy atom. The Morgan fingerprint density at radius 3 is 1.04 bits per heavy atom. The van der Waals surface area contributed by atoms with Crippen molar-refractivity contribution in [3.63, 3.8) is 0 Å². The third kappa shape index (κ3) is 123. The molecule has 0 aliphatic carbocycles. The summed E-state index contributed by atoms with van der Waals surface area (Å²) in [5.74, 6) is -2.95. The molecule has 0 atom stereocenters. The van der Waals surface area contributed by atoms with Crippen LogP contribution in [0.5, 0.6) is 0 Å². The van der Waals surface area contributed by atoms with Gasteiger partial charge >= 0.3 is 43.8 Å². The maximum atomic E-state index is 10.4. The number of carboxylic acids is 1. The van der Waals surface area contributed by atoms with E-state index in [1.165, 1.54) is 6.92 Å². The number of hydrogen-bond donors (Lipinski definition) is 5. The van der Waals surface area contributed by atoms with E-state index in [4.69, 9.17) is 31.4 Å². The van der Waals surface area contributed by atoms with Gasteiger partial charge in [0.05, 0.1) is 0 Å². The maximum absolute atomic E-state index is 10.4. The number of ketones is 1. The first-order valence-electron chi connectivity index (χ1n) is 7.32. The Morgan fingerprint density at radius 1 is 0.821 bits per heavy atom. The standard InChI is InChI=1S/C6H10BO6.C3H6O.C2H4O2.BH4O4.Na.H2O.H2/c1-4(8)11-7(12-5(2)9)13-6(3)10;1-3(2)4;1-2(3)4;2-1(3,4)5;;;/h7H,1-3H3;1-2H3;1H3,(H,3,4);2-5H;;1H2;1H/q-1;;;-1;+1;;/i;1D;;;;;. The molecule has 0 aromatic rings. The van der Waals surface area contributed by atoms with E-state index in [0.717, 1.165) is 27.7 Å². The Hall–Kier alpha value is -1.52. The minimum Gasteiger partial charge on any atom is -0.625 e. The van der Waals surface area contributed by atoms with Gasteiger partial charge in [0.2, 0.25) is 0 Å². The van der Waals surface area contributed by atoms with Crippen molar-refractivity contribution in [3.8, 4) is 0 Å². The monoisotopic (exact) mass is 430 g/mol. The molecule has 28 heavy (non-hydrogen) atoms. The number of aliphatic carboxylic acids is 1. The Balaban J connectivity index is -0.0000000525. The van der Waals surface area contributed by atoms with Crippen molar-refractivity contribution in [3.05, 3.63) is 0 Å². The molecule has 0 rings (SSSR count). The van der Waals surface area contributed by atoms with E-state index >= 15 is 0 Å². The van der Waals surface area contributed by atoms with Crippen LogP contribution in [0.25, 0.3) is 0 Å². The van der Waals surface area contributed by atoms with Gasteiger partial charge in [-0.3, -0.25) is 19.2 Å². The minimum absolute atomic E-state index is 0. The van der Waals surface area contributed by atoms with E-state index in [2.05, 4.69) is 14.0 Å². The third-order valence-corrected chi connectivity index (χ3v) is 0.963. The predicted molar refractivity (Wildman–Crippen MR) is 92.5 cm³/mol. The van der Waals surface area contributed by atoms with Crippen LogP contribution in [-0.4, -0.2) is 74.6 Å². The maximum Gasteiger partial charge on any atom is 1.00 e. The van der Waals surface area contributed by atoms with Crippen LogP contribution in [0.2, 0.25) is 0 Å². The fourth-order valence-electron chi connectivity index (χ4n) is 0.586. The molecule has 0 bridgehead atoms. The van der Waals surface area contributed by atoms with Crippen LogP contribution in [-0.2, 0) is 37.9 Å². The Kier molecular flexibility index (Phi) is 31.3. The van der Waals surface area contributed by atoms with Gasteiger partial charge in [0, 0.05) is 30.5 Å². The van der Waals surface area contributed by atoms with Gasteiger partial charge in [-0.25, -0.2) is 0 Å². The average Bonchev–Trinajstić information content (AvgIpc) is 2.33. The Bertz CT molecular complexity index is 441. The summed E-state index contributed by atoms with van der Waals surface area (Å²) in [6, 6.07) is 0. The van der Waals surface area contributed by atoms with Crippen LogP contribution in [0.3, 0.4) is 0 Å². The van der Waals surface area contributed by atoms with E-state index in [0.29, 0.717) is 0 Å². The molecular formula is C11H28B2NaO14-. The first-order valence-corrected chi connectivity index (χ1v) is 6.61. The number of hydrogen-bond acceptors (Lipinski definition) is 12. The quantitative estimate of drug-likeness (QED) is 0.262. The van der Waals surface area contributed by atoms with Crippen molar-refractivity contribution in [2.75, 3.05) is 0 Å². The van der Waals surface area contributed by atoms with Gasteiger partial charge in [-0.2, -0.15) is 0 Å². The molecule has 0 aromatic heterocycles. The summed E-state index contributed by atoms with van der Waals surface area (Å²) in [7, 11) is -2.41. The zero-order valence-electron chi connectivity index (χ0n) is 17.5. The van der Waals surface area contributed by atoms with Crippen molar-refractivity contribution in [2.24, 2.45) is 0 Å². The normalized spacial score (nSPS) is 8.71. The summed E-state index contributed by atoms with van der Waals surface area (Å²) in [5, 5.41) is 36.4. The molecule has 0 aromatic carbocycles. The molecule has 14 nitrogen and oxygen atoms in total. The molecule has 164 valence electrons.